The minimum Gasteiger partial charge on any atom is -0.393 e. The molecule has 0 amide bonds. The average Bonchev–Trinajstić information content (AvgIpc) is 2.74. The Hall–Kier alpha value is -0.550. The van der Waals surface area contributed by atoms with Gasteiger partial charge in [-0.05, 0) is 25.3 Å². The van der Waals surface area contributed by atoms with E-state index in [0.29, 0.717) is 30.6 Å². The monoisotopic (exact) mass is 343 g/mol. The van der Waals surface area contributed by atoms with Crippen LogP contribution in [0.2, 0.25) is 0 Å². The molecule has 1 saturated heterocycles. The molecule has 2 heterocycles. The molecule has 0 spiro atoms. The van der Waals surface area contributed by atoms with E-state index in [1.807, 2.05) is 0 Å². The number of rotatable bonds is 3. The van der Waals surface area contributed by atoms with Crippen LogP contribution in [-0.2, 0) is 20.2 Å². The van der Waals surface area contributed by atoms with Crippen LogP contribution in [0.5, 0.6) is 0 Å². The van der Waals surface area contributed by atoms with Crippen molar-refractivity contribution in [2.24, 2.45) is 0 Å². The minimum absolute atomic E-state index is 0.166. The summed E-state index contributed by atoms with van der Waals surface area (Å²) >= 11 is 0.673. The zero-order valence-electron chi connectivity index (χ0n) is 10.4. The second-order valence-corrected chi connectivity index (χ2v) is 8.95. The Balaban J connectivity index is 2.28. The van der Waals surface area contributed by atoms with Gasteiger partial charge in [0.25, 0.3) is 10.0 Å². The Labute approximate surface area is 121 Å². The zero-order chi connectivity index (χ0) is 15.0. The minimum atomic E-state index is -4.90. The van der Waals surface area contributed by atoms with E-state index in [-0.39, 0.29) is 17.3 Å². The number of aliphatic hydroxyl groups excluding tert-OH is 1. The summed E-state index contributed by atoms with van der Waals surface area (Å²) in [5, 5.41) is 10.5. The second kappa shape index (κ2) is 5.68. The van der Waals surface area contributed by atoms with E-state index in [4.69, 9.17) is 0 Å². The van der Waals surface area contributed by atoms with Crippen molar-refractivity contribution < 1.29 is 25.8 Å². The Morgan fingerprint density at radius 1 is 1.25 bits per heavy atom. The molecule has 1 aliphatic rings. The third-order valence-corrected chi connectivity index (χ3v) is 7.35. The predicted octanol–water partition coefficient (Wildman–Crippen LogP) is 0.942. The first-order valence-electron chi connectivity index (χ1n) is 5.92. The quantitative estimate of drug-likeness (QED) is 0.825. The second-order valence-electron chi connectivity index (χ2n) is 4.53. The van der Waals surface area contributed by atoms with Crippen molar-refractivity contribution in [2.45, 2.75) is 34.5 Å². The first-order valence-corrected chi connectivity index (χ1v) is 9.63. The lowest BCUT2D eigenvalue weighted by Crippen LogP contribution is -2.31. The highest BCUT2D eigenvalue weighted by Gasteiger charge is 2.29. The molecule has 0 saturated carbocycles. The van der Waals surface area contributed by atoms with E-state index in [1.165, 1.54) is 4.31 Å². The summed E-state index contributed by atoms with van der Waals surface area (Å²) in [4.78, 5) is -0.643. The first-order chi connectivity index (χ1) is 9.21. The van der Waals surface area contributed by atoms with Crippen molar-refractivity contribution in [2.75, 3.05) is 13.1 Å². The van der Waals surface area contributed by atoms with Gasteiger partial charge in [0, 0.05) is 18.5 Å². The summed E-state index contributed by atoms with van der Waals surface area (Å²) in [6, 6.07) is 0.830. The molecule has 0 bridgehead atoms. The molecule has 0 aliphatic carbocycles. The maximum Gasteiger partial charge on any atom is 0.332 e. The number of sulfonamides is 1. The Morgan fingerprint density at radius 3 is 2.55 bits per heavy atom. The smallest absolute Gasteiger partial charge is 0.332 e. The van der Waals surface area contributed by atoms with Crippen molar-refractivity contribution in [3.63, 3.8) is 0 Å². The van der Waals surface area contributed by atoms with Crippen LogP contribution in [-0.4, -0.2) is 45.4 Å². The van der Waals surface area contributed by atoms with Gasteiger partial charge in [-0.15, -0.1) is 15.2 Å². The van der Waals surface area contributed by atoms with Gasteiger partial charge in [-0.3, -0.25) is 0 Å². The van der Waals surface area contributed by atoms with Gasteiger partial charge >= 0.3 is 10.2 Å². The molecule has 20 heavy (non-hydrogen) atoms. The molecule has 1 aromatic rings. The fourth-order valence-corrected chi connectivity index (χ4v) is 5.68. The molecule has 6 nitrogen and oxygen atoms in total. The molecule has 2 rings (SSSR count). The van der Waals surface area contributed by atoms with E-state index in [1.54, 1.807) is 0 Å². The fourth-order valence-electron chi connectivity index (χ4n) is 1.98. The molecule has 0 aromatic carbocycles. The summed E-state index contributed by atoms with van der Waals surface area (Å²) in [5.74, 6) is 0. The predicted molar refractivity (Wildman–Crippen MR) is 71.2 cm³/mol. The standard InChI is InChI=1S/C10H14FNO5S3/c11-19(14,15)9-6-10(18-7-9)20(16,17)12-4-1-2-8(13)3-5-12/h6-8,13H,1-5H2. The molecule has 1 aromatic heterocycles. The summed E-state index contributed by atoms with van der Waals surface area (Å²) in [7, 11) is -8.74. The van der Waals surface area contributed by atoms with E-state index < -0.39 is 31.2 Å². The van der Waals surface area contributed by atoms with Crippen LogP contribution in [0.3, 0.4) is 0 Å². The topological polar surface area (TPSA) is 91.8 Å². The van der Waals surface area contributed by atoms with Gasteiger partial charge in [0.2, 0.25) is 0 Å². The van der Waals surface area contributed by atoms with Gasteiger partial charge in [-0.2, -0.15) is 12.7 Å². The van der Waals surface area contributed by atoms with Gasteiger partial charge in [-0.1, -0.05) is 0 Å². The van der Waals surface area contributed by atoms with Crippen molar-refractivity contribution in [3.8, 4) is 0 Å². The highest BCUT2D eigenvalue weighted by Crippen LogP contribution is 2.28. The molecule has 114 valence electrons. The number of hydrogen-bond acceptors (Lipinski definition) is 6. The maximum atomic E-state index is 12.8. The zero-order valence-corrected chi connectivity index (χ0v) is 12.8. The number of thiophene rings is 1. The van der Waals surface area contributed by atoms with Crippen molar-refractivity contribution in [1.29, 1.82) is 0 Å². The highest BCUT2D eigenvalue weighted by atomic mass is 32.3. The van der Waals surface area contributed by atoms with E-state index in [9.17, 15) is 25.8 Å². The lowest BCUT2D eigenvalue weighted by atomic mass is 10.2. The largest absolute Gasteiger partial charge is 0.393 e. The molecule has 0 radical (unpaired) electrons. The molecule has 1 unspecified atom stereocenters. The first kappa shape index (κ1) is 15.8. The third-order valence-electron chi connectivity index (χ3n) is 3.08. The summed E-state index contributed by atoms with van der Waals surface area (Å²) in [6.07, 6.45) is 0.861. The van der Waals surface area contributed by atoms with Crippen LogP contribution in [0.25, 0.3) is 0 Å². The van der Waals surface area contributed by atoms with Crippen LogP contribution in [0, 0.1) is 0 Å². The normalized spacial score (nSPS) is 22.6. The van der Waals surface area contributed by atoms with Gasteiger partial charge in [0.1, 0.15) is 9.10 Å². The molecular formula is C10H14FNO5S3. The number of nitrogens with zero attached hydrogens (tertiary/aromatic N) is 1. The maximum absolute atomic E-state index is 12.8. The van der Waals surface area contributed by atoms with E-state index in [2.05, 4.69) is 0 Å². The van der Waals surface area contributed by atoms with Crippen molar-refractivity contribution in [3.05, 3.63) is 11.4 Å². The van der Waals surface area contributed by atoms with Crippen LogP contribution >= 0.6 is 11.3 Å². The lowest BCUT2D eigenvalue weighted by Gasteiger charge is -2.18. The van der Waals surface area contributed by atoms with Crippen LogP contribution in [0.15, 0.2) is 20.6 Å². The molecule has 1 N–H and O–H groups in total. The average molecular weight is 343 g/mol. The van der Waals surface area contributed by atoms with Gasteiger partial charge in [0.05, 0.1) is 6.10 Å². The SMILES string of the molecule is O=S(=O)(F)c1csc(S(=O)(=O)N2CCCC(O)CC2)c1. The Bertz CT molecular complexity index is 682. The summed E-state index contributed by atoms with van der Waals surface area (Å²) in [6.45, 7) is 0.425. The summed E-state index contributed by atoms with van der Waals surface area (Å²) in [5.41, 5.74) is 0. The lowest BCUT2D eigenvalue weighted by molar-refractivity contribution is 0.159. The molecule has 10 heteroatoms. The number of hydrogen-bond donors (Lipinski definition) is 1. The Morgan fingerprint density at radius 2 is 1.95 bits per heavy atom. The summed E-state index contributed by atoms with van der Waals surface area (Å²) < 4.78 is 60.0. The molecule has 1 fully saturated rings. The van der Waals surface area contributed by atoms with Crippen LogP contribution in [0.4, 0.5) is 3.89 Å². The molecule has 1 atom stereocenters. The number of aliphatic hydroxyl groups is 1. The Kier molecular flexibility index (Phi) is 4.50. The van der Waals surface area contributed by atoms with Gasteiger partial charge in [-0.25, -0.2) is 8.42 Å². The van der Waals surface area contributed by atoms with Crippen LogP contribution < -0.4 is 0 Å². The third kappa shape index (κ3) is 3.37. The molecular weight excluding hydrogens is 329 g/mol. The van der Waals surface area contributed by atoms with E-state index >= 15 is 0 Å². The highest BCUT2D eigenvalue weighted by molar-refractivity contribution is 7.91. The van der Waals surface area contributed by atoms with E-state index in [0.717, 1.165) is 11.4 Å². The molecule has 1 aliphatic heterocycles. The van der Waals surface area contributed by atoms with Gasteiger partial charge < -0.3 is 5.11 Å². The number of halogens is 1. The van der Waals surface area contributed by atoms with Crippen LogP contribution in [0.1, 0.15) is 19.3 Å². The van der Waals surface area contributed by atoms with Crippen molar-refractivity contribution >= 4 is 31.6 Å². The van der Waals surface area contributed by atoms with Gasteiger partial charge in [0.15, 0.2) is 0 Å². The van der Waals surface area contributed by atoms with Crippen molar-refractivity contribution in [1.82, 2.24) is 4.31 Å². The fraction of sp³-hybridized carbons (Fsp3) is 0.600.